The fraction of sp³-hybridized carbons (Fsp3) is 0.387. The lowest BCUT2D eigenvalue weighted by molar-refractivity contribution is 0.0996. The van der Waals surface area contributed by atoms with Gasteiger partial charge in [-0.3, -0.25) is 9.69 Å². The fourth-order valence-electron chi connectivity index (χ4n) is 5.14. The summed E-state index contributed by atoms with van der Waals surface area (Å²) in [4.78, 5) is 33.2. The summed E-state index contributed by atoms with van der Waals surface area (Å²) in [5, 5.41) is 2.49. The van der Waals surface area contributed by atoms with Gasteiger partial charge in [0, 0.05) is 56.6 Å². The zero-order valence-corrected chi connectivity index (χ0v) is 26.3. The number of rotatable bonds is 12. The summed E-state index contributed by atoms with van der Waals surface area (Å²) in [6.45, 7) is 6.64. The van der Waals surface area contributed by atoms with Crippen molar-refractivity contribution in [3.63, 3.8) is 0 Å². The van der Waals surface area contributed by atoms with Gasteiger partial charge in [0.2, 0.25) is 15.9 Å². The fourth-order valence-corrected chi connectivity index (χ4v) is 5.57. The molecule has 0 unspecified atom stereocenters. The number of ether oxygens (including phenoxy) is 1. The first kappa shape index (κ1) is 33.7. The van der Waals surface area contributed by atoms with Gasteiger partial charge >= 0.3 is 6.03 Å². The molecule has 1 aliphatic heterocycles. The number of likely N-dealkylation sites (tertiary alicyclic amines) is 1. The lowest BCUT2D eigenvalue weighted by Gasteiger charge is -2.38. The number of hydrogen-bond acceptors (Lipinski definition) is 7. The molecule has 3 amide bonds. The van der Waals surface area contributed by atoms with Gasteiger partial charge in [0.05, 0.1) is 17.5 Å². The molecule has 2 heterocycles. The van der Waals surface area contributed by atoms with E-state index >= 15 is 0 Å². The van der Waals surface area contributed by atoms with Gasteiger partial charge in [-0.2, -0.15) is 0 Å². The number of carbonyl (C=O) groups excluding carboxylic acids is 2. The van der Waals surface area contributed by atoms with Crippen LogP contribution in [-0.4, -0.2) is 67.1 Å². The van der Waals surface area contributed by atoms with Gasteiger partial charge in [0.1, 0.15) is 17.4 Å². The van der Waals surface area contributed by atoms with Crippen LogP contribution in [0.25, 0.3) is 0 Å². The second-order valence-electron chi connectivity index (χ2n) is 11.0. The van der Waals surface area contributed by atoms with Crippen molar-refractivity contribution in [1.29, 1.82) is 0 Å². The molecule has 1 aliphatic rings. The minimum absolute atomic E-state index is 0.0798. The van der Waals surface area contributed by atoms with E-state index < -0.39 is 39.2 Å². The van der Waals surface area contributed by atoms with Crippen molar-refractivity contribution in [3.05, 3.63) is 82.5 Å². The lowest BCUT2D eigenvalue weighted by atomic mass is 10.0. The molecule has 1 aromatic heterocycles. The van der Waals surface area contributed by atoms with Crippen LogP contribution in [-0.2, 0) is 23.1 Å². The second kappa shape index (κ2) is 14.8. The number of nitrogens with zero attached hydrogens (tertiary/aromatic N) is 3. The van der Waals surface area contributed by atoms with Crippen molar-refractivity contribution in [2.75, 3.05) is 31.2 Å². The Morgan fingerprint density at radius 2 is 1.78 bits per heavy atom. The van der Waals surface area contributed by atoms with Crippen molar-refractivity contribution in [3.8, 4) is 11.6 Å². The number of nitrogens with two attached hydrogens (primary N) is 1. The molecule has 2 aromatic carbocycles. The number of pyridine rings is 1. The Kier molecular flexibility index (Phi) is 11.1. The lowest BCUT2D eigenvalue weighted by Crippen LogP contribution is -2.49. The van der Waals surface area contributed by atoms with Gasteiger partial charge in [0.25, 0.3) is 5.91 Å². The molecule has 0 spiro atoms. The molecule has 4 N–H and O–H groups in total. The number of aromatic nitrogens is 1. The summed E-state index contributed by atoms with van der Waals surface area (Å²) in [6, 6.07) is 11.7. The summed E-state index contributed by atoms with van der Waals surface area (Å²) in [6.07, 6.45) is 3.21. The van der Waals surface area contributed by atoms with Crippen LogP contribution in [0.3, 0.4) is 0 Å². The van der Waals surface area contributed by atoms with Crippen molar-refractivity contribution < 1.29 is 31.5 Å². The largest absolute Gasteiger partial charge is 0.439 e. The average Bonchev–Trinajstić information content (AvgIpc) is 2.98. The summed E-state index contributed by atoms with van der Waals surface area (Å²) in [7, 11) is -3.28. The Morgan fingerprint density at radius 3 is 2.38 bits per heavy atom. The van der Waals surface area contributed by atoms with E-state index in [2.05, 4.69) is 19.9 Å². The number of amides is 3. The molecule has 242 valence electrons. The summed E-state index contributed by atoms with van der Waals surface area (Å²) >= 11 is 0. The van der Waals surface area contributed by atoms with E-state index in [1.807, 2.05) is 19.9 Å². The number of primary amides is 1. The molecule has 0 atom stereocenters. The molecular formula is C31H38F2N6O5S. The summed E-state index contributed by atoms with van der Waals surface area (Å²) < 4.78 is 59.2. The van der Waals surface area contributed by atoms with E-state index in [0.29, 0.717) is 50.0 Å². The Morgan fingerprint density at radius 1 is 1.09 bits per heavy atom. The van der Waals surface area contributed by atoms with Crippen LogP contribution < -0.4 is 20.5 Å². The predicted molar refractivity (Wildman–Crippen MR) is 166 cm³/mol. The van der Waals surface area contributed by atoms with Gasteiger partial charge in [-0.25, -0.2) is 31.7 Å². The number of aryl methyl sites for hydroxylation is 1. The van der Waals surface area contributed by atoms with Crippen LogP contribution in [0.2, 0.25) is 0 Å². The first-order valence-corrected chi connectivity index (χ1v) is 16.5. The number of sulfonamides is 1. The number of piperidine rings is 1. The van der Waals surface area contributed by atoms with Gasteiger partial charge in [-0.1, -0.05) is 25.1 Å². The molecule has 0 aliphatic carbocycles. The van der Waals surface area contributed by atoms with Gasteiger partial charge < -0.3 is 20.7 Å². The van der Waals surface area contributed by atoms with Crippen LogP contribution in [0.5, 0.6) is 11.6 Å². The van der Waals surface area contributed by atoms with Gasteiger partial charge in [-0.05, 0) is 55.5 Å². The van der Waals surface area contributed by atoms with Gasteiger partial charge in [-0.15, -0.1) is 0 Å². The summed E-state index contributed by atoms with van der Waals surface area (Å²) in [5.74, 6) is -2.11. The van der Waals surface area contributed by atoms with Crippen molar-refractivity contribution >= 4 is 27.6 Å². The second-order valence-corrected chi connectivity index (χ2v) is 12.9. The molecule has 11 nitrogen and oxygen atoms in total. The zero-order valence-electron chi connectivity index (χ0n) is 25.5. The number of benzene rings is 2. The van der Waals surface area contributed by atoms with Crippen molar-refractivity contribution in [2.45, 2.75) is 52.2 Å². The smallest absolute Gasteiger partial charge is 0.322 e. The monoisotopic (exact) mass is 644 g/mol. The highest BCUT2D eigenvalue weighted by Gasteiger charge is 2.28. The van der Waals surface area contributed by atoms with E-state index in [1.54, 1.807) is 35.2 Å². The van der Waals surface area contributed by atoms with Crippen LogP contribution >= 0.6 is 0 Å². The van der Waals surface area contributed by atoms with Gasteiger partial charge in [0.15, 0.2) is 0 Å². The maximum atomic E-state index is 14.4. The van der Waals surface area contributed by atoms with E-state index in [-0.39, 0.29) is 18.3 Å². The van der Waals surface area contributed by atoms with Crippen LogP contribution in [0, 0.1) is 18.6 Å². The van der Waals surface area contributed by atoms with Crippen LogP contribution in [0.4, 0.5) is 19.3 Å². The molecule has 14 heteroatoms. The quantitative estimate of drug-likeness (QED) is 0.263. The minimum Gasteiger partial charge on any atom is -0.439 e. The number of hydrogen-bond donors (Lipinski definition) is 3. The SMILES string of the molecule is CCCN(C(=O)Nc1cc(C(N)=O)c(F)cc1F)C1CCN(Cc2ccc(Oc3ccc(CNS(C)(=O)=O)cc3)nc2C)CC1. The Balaban J connectivity index is 1.32. The number of urea groups is 1. The van der Waals surface area contributed by atoms with Crippen molar-refractivity contribution in [2.24, 2.45) is 5.73 Å². The van der Waals surface area contributed by atoms with Crippen LogP contribution in [0.15, 0.2) is 48.5 Å². The molecule has 0 saturated carbocycles. The highest BCUT2D eigenvalue weighted by molar-refractivity contribution is 7.88. The third-order valence-corrected chi connectivity index (χ3v) is 8.20. The van der Waals surface area contributed by atoms with Crippen molar-refractivity contribution in [1.82, 2.24) is 19.5 Å². The Hall–Kier alpha value is -4.14. The third kappa shape index (κ3) is 9.42. The summed E-state index contributed by atoms with van der Waals surface area (Å²) in [5.41, 5.74) is 7.04. The number of carbonyl (C=O) groups is 2. The van der Waals surface area contributed by atoms with E-state index in [4.69, 9.17) is 10.5 Å². The van der Waals surface area contributed by atoms with E-state index in [9.17, 15) is 26.8 Å². The molecular weight excluding hydrogens is 606 g/mol. The van der Waals surface area contributed by atoms with E-state index in [1.165, 1.54) is 0 Å². The maximum absolute atomic E-state index is 14.4. The minimum atomic E-state index is -3.28. The van der Waals surface area contributed by atoms with Crippen LogP contribution in [0.1, 0.15) is 53.4 Å². The zero-order chi connectivity index (χ0) is 32.7. The number of anilines is 1. The molecule has 1 saturated heterocycles. The highest BCUT2D eigenvalue weighted by atomic mass is 32.2. The first-order valence-electron chi connectivity index (χ1n) is 14.6. The maximum Gasteiger partial charge on any atom is 0.322 e. The molecule has 3 aromatic rings. The predicted octanol–water partition coefficient (Wildman–Crippen LogP) is 4.52. The normalized spacial score (nSPS) is 14.2. The highest BCUT2D eigenvalue weighted by Crippen LogP contribution is 2.25. The average molecular weight is 645 g/mol. The Labute approximate surface area is 261 Å². The molecule has 0 radical (unpaired) electrons. The number of nitrogens with one attached hydrogen (secondary N) is 2. The first-order chi connectivity index (χ1) is 21.3. The molecule has 1 fully saturated rings. The topological polar surface area (TPSA) is 147 Å². The molecule has 45 heavy (non-hydrogen) atoms. The number of halogens is 2. The Bertz CT molecular complexity index is 1630. The third-order valence-electron chi connectivity index (χ3n) is 7.53. The standard InChI is InChI=1S/C31H38F2N6O5S/c1-4-13-39(31(41)37-28-16-25(30(34)40)26(32)17-27(28)33)23-11-14-38(15-12-23)19-22-7-10-29(36-20(22)2)44-24-8-5-21(6-9-24)18-35-45(3,42)43/h5-10,16-17,23,35H,4,11-15,18-19H2,1-3H3,(H2,34,40)(H,37,41). The van der Waals surface area contributed by atoms with E-state index in [0.717, 1.165) is 42.2 Å². The molecule has 0 bridgehead atoms. The molecule has 4 rings (SSSR count).